The van der Waals surface area contributed by atoms with Gasteiger partial charge in [-0.1, -0.05) is 26.3 Å². The minimum Gasteiger partial charge on any atom is -0.376 e. The van der Waals surface area contributed by atoms with Crippen molar-refractivity contribution in [3.8, 4) is 5.75 Å². The predicted octanol–water partition coefficient (Wildman–Crippen LogP) is 3.99. The van der Waals surface area contributed by atoms with Crippen LogP contribution in [0.2, 0.25) is 0 Å². The SMILES string of the molecule is CCC1CN(C(=O)C(F)(F)F)[C@@H]2Cc3ccc(OS(=O)(=O)C(F)(F)F)cc3C1C2C. The van der Waals surface area contributed by atoms with E-state index in [1.165, 1.54) is 12.1 Å². The van der Waals surface area contributed by atoms with E-state index in [2.05, 4.69) is 4.18 Å². The maximum absolute atomic E-state index is 13.1. The molecule has 3 rings (SSSR count). The van der Waals surface area contributed by atoms with Crippen LogP contribution >= 0.6 is 0 Å². The molecule has 0 saturated carbocycles. The van der Waals surface area contributed by atoms with Crippen LogP contribution < -0.4 is 4.18 Å². The Labute approximate surface area is 169 Å². The zero-order valence-corrected chi connectivity index (χ0v) is 16.7. The lowest BCUT2D eigenvalue weighted by Gasteiger charge is -2.52. The van der Waals surface area contributed by atoms with Crippen molar-refractivity contribution < 1.29 is 43.7 Å². The predicted molar refractivity (Wildman–Crippen MR) is 93.0 cm³/mol. The highest BCUT2D eigenvalue weighted by atomic mass is 32.2. The molecule has 1 saturated heterocycles. The van der Waals surface area contributed by atoms with Crippen molar-refractivity contribution in [2.24, 2.45) is 11.8 Å². The summed E-state index contributed by atoms with van der Waals surface area (Å²) >= 11 is 0. The Balaban J connectivity index is 2.00. The number of fused-ring (bicyclic) bond motifs is 4. The maximum atomic E-state index is 13.1. The van der Waals surface area contributed by atoms with Gasteiger partial charge in [0, 0.05) is 12.6 Å². The lowest BCUT2D eigenvalue weighted by Crippen LogP contribution is -2.59. The molecule has 0 aromatic heterocycles. The van der Waals surface area contributed by atoms with E-state index < -0.39 is 45.4 Å². The van der Waals surface area contributed by atoms with Gasteiger partial charge in [-0.05, 0) is 47.4 Å². The molecule has 0 radical (unpaired) electrons. The van der Waals surface area contributed by atoms with Crippen molar-refractivity contribution >= 4 is 16.0 Å². The van der Waals surface area contributed by atoms with Gasteiger partial charge in [0.05, 0.1) is 0 Å². The zero-order chi connectivity index (χ0) is 22.6. The molecular formula is C18H19F6NO4S. The molecule has 0 N–H and O–H groups in total. The maximum Gasteiger partial charge on any atom is 0.534 e. The van der Waals surface area contributed by atoms with Crippen LogP contribution in [0.25, 0.3) is 0 Å². The number of piperidine rings is 1. The highest BCUT2D eigenvalue weighted by molar-refractivity contribution is 7.88. The van der Waals surface area contributed by atoms with Crippen LogP contribution in [0.15, 0.2) is 18.2 Å². The van der Waals surface area contributed by atoms with E-state index in [4.69, 9.17) is 0 Å². The molecule has 168 valence electrons. The first-order valence-electron chi connectivity index (χ1n) is 9.18. The number of carbonyl (C=O) groups is 1. The smallest absolute Gasteiger partial charge is 0.376 e. The largest absolute Gasteiger partial charge is 0.534 e. The molecule has 30 heavy (non-hydrogen) atoms. The summed E-state index contributed by atoms with van der Waals surface area (Å²) in [6.45, 7) is 3.30. The van der Waals surface area contributed by atoms with Gasteiger partial charge in [0.2, 0.25) is 0 Å². The molecule has 3 unspecified atom stereocenters. The number of nitrogens with zero attached hydrogens (tertiary/aromatic N) is 1. The van der Waals surface area contributed by atoms with Crippen molar-refractivity contribution in [1.29, 1.82) is 0 Å². The van der Waals surface area contributed by atoms with Crippen molar-refractivity contribution in [3.05, 3.63) is 29.3 Å². The molecular weight excluding hydrogens is 440 g/mol. The number of hydrogen-bond donors (Lipinski definition) is 0. The molecule has 1 aliphatic heterocycles. The van der Waals surface area contributed by atoms with Crippen molar-refractivity contribution in [3.63, 3.8) is 0 Å². The van der Waals surface area contributed by atoms with Crippen LogP contribution in [0.5, 0.6) is 5.75 Å². The van der Waals surface area contributed by atoms with E-state index in [1.54, 1.807) is 13.8 Å². The third-order valence-electron chi connectivity index (χ3n) is 5.94. The first-order valence-corrected chi connectivity index (χ1v) is 10.6. The monoisotopic (exact) mass is 459 g/mol. The number of rotatable bonds is 3. The number of benzene rings is 1. The molecule has 4 atom stereocenters. The zero-order valence-electron chi connectivity index (χ0n) is 15.9. The molecule has 1 aliphatic carbocycles. The van der Waals surface area contributed by atoms with E-state index in [0.717, 1.165) is 11.0 Å². The van der Waals surface area contributed by atoms with Crippen molar-refractivity contribution in [1.82, 2.24) is 4.90 Å². The summed E-state index contributed by atoms with van der Waals surface area (Å²) in [6.07, 6.45) is -4.50. The summed E-state index contributed by atoms with van der Waals surface area (Å²) in [5.74, 6) is -3.55. The van der Waals surface area contributed by atoms with Crippen LogP contribution in [0.4, 0.5) is 26.3 Å². The average Bonchev–Trinajstić information content (AvgIpc) is 2.60. The molecule has 1 aromatic carbocycles. The minimum atomic E-state index is -5.85. The Morgan fingerprint density at radius 1 is 1.20 bits per heavy atom. The Hall–Kier alpha value is -1.98. The fourth-order valence-electron chi connectivity index (χ4n) is 4.59. The van der Waals surface area contributed by atoms with Crippen LogP contribution in [-0.2, 0) is 21.3 Å². The van der Waals surface area contributed by atoms with Crippen LogP contribution in [-0.4, -0.2) is 43.5 Å². The summed E-state index contributed by atoms with van der Waals surface area (Å²) in [5, 5.41) is 0. The van der Waals surface area contributed by atoms with Gasteiger partial charge < -0.3 is 9.08 Å². The van der Waals surface area contributed by atoms with Gasteiger partial charge in [-0.15, -0.1) is 0 Å². The van der Waals surface area contributed by atoms with E-state index in [1.807, 2.05) is 0 Å². The van der Waals surface area contributed by atoms with E-state index in [0.29, 0.717) is 17.5 Å². The molecule has 1 fully saturated rings. The highest BCUT2D eigenvalue weighted by Crippen LogP contribution is 2.49. The van der Waals surface area contributed by atoms with Gasteiger partial charge >= 0.3 is 27.7 Å². The van der Waals surface area contributed by atoms with Crippen molar-refractivity contribution in [2.45, 2.75) is 50.3 Å². The molecule has 12 heteroatoms. The van der Waals surface area contributed by atoms with Crippen LogP contribution in [0.1, 0.15) is 37.3 Å². The number of halogens is 6. The fourth-order valence-corrected chi connectivity index (χ4v) is 5.04. The first-order chi connectivity index (χ1) is 13.7. The molecule has 2 bridgehead atoms. The quantitative estimate of drug-likeness (QED) is 0.390. The summed E-state index contributed by atoms with van der Waals surface area (Å²) in [4.78, 5) is 12.8. The number of carbonyl (C=O) groups excluding carboxylic acids is 1. The number of alkyl halides is 6. The number of amides is 1. The van der Waals surface area contributed by atoms with Gasteiger partial charge in [0.15, 0.2) is 0 Å². The Morgan fingerprint density at radius 3 is 2.37 bits per heavy atom. The van der Waals surface area contributed by atoms with Gasteiger partial charge in [0.25, 0.3) is 0 Å². The average molecular weight is 459 g/mol. The Morgan fingerprint density at radius 2 is 1.83 bits per heavy atom. The lowest BCUT2D eigenvalue weighted by molar-refractivity contribution is -0.192. The summed E-state index contributed by atoms with van der Waals surface area (Å²) < 4.78 is 104. The second-order valence-corrected chi connectivity index (χ2v) is 9.16. The van der Waals surface area contributed by atoms with Crippen LogP contribution in [0, 0.1) is 11.8 Å². The third-order valence-corrected chi connectivity index (χ3v) is 6.91. The van der Waals surface area contributed by atoms with Gasteiger partial charge in [-0.2, -0.15) is 34.8 Å². The first kappa shape index (κ1) is 22.7. The highest BCUT2D eigenvalue weighted by Gasteiger charge is 2.53. The van der Waals surface area contributed by atoms with E-state index >= 15 is 0 Å². The molecule has 1 aromatic rings. The van der Waals surface area contributed by atoms with Gasteiger partial charge in [-0.25, -0.2) is 0 Å². The minimum absolute atomic E-state index is 0.0809. The summed E-state index contributed by atoms with van der Waals surface area (Å²) in [6, 6.07) is 2.87. The summed E-state index contributed by atoms with van der Waals surface area (Å²) in [7, 11) is -5.85. The molecule has 1 amide bonds. The molecule has 2 aliphatic rings. The second-order valence-electron chi connectivity index (χ2n) is 7.62. The normalized spacial score (nSPS) is 26.9. The van der Waals surface area contributed by atoms with Crippen molar-refractivity contribution in [2.75, 3.05) is 6.54 Å². The van der Waals surface area contributed by atoms with Gasteiger partial charge in [-0.3, -0.25) is 4.79 Å². The Kier molecular flexibility index (Phi) is 5.53. The lowest BCUT2D eigenvalue weighted by atomic mass is 9.63. The number of likely N-dealkylation sites (tertiary alicyclic amines) is 1. The van der Waals surface area contributed by atoms with Gasteiger partial charge in [0.1, 0.15) is 5.75 Å². The number of hydrogen-bond acceptors (Lipinski definition) is 4. The van der Waals surface area contributed by atoms with Crippen LogP contribution in [0.3, 0.4) is 0 Å². The molecule has 0 spiro atoms. The standard InChI is InChI=1S/C18H19F6NO4S/c1-3-10-8-25(16(26)17(19,20)21)14-6-11-4-5-12(7-13(11)15(10)9(14)2)29-30(27,28)18(22,23)24/h4-5,7,9-10,14-15H,3,6,8H2,1-2H3/t9?,10?,14-,15?/m1/s1. The molecule has 5 nitrogen and oxygen atoms in total. The summed E-state index contributed by atoms with van der Waals surface area (Å²) in [5.41, 5.74) is -4.49. The Bertz CT molecular complexity index is 943. The fraction of sp³-hybridized carbons (Fsp3) is 0.611. The van der Waals surface area contributed by atoms with E-state index in [-0.39, 0.29) is 24.8 Å². The third kappa shape index (κ3) is 3.85. The van der Waals surface area contributed by atoms with E-state index in [9.17, 15) is 39.6 Å². The topological polar surface area (TPSA) is 63.7 Å². The molecule has 1 heterocycles. The second kappa shape index (κ2) is 7.31.